The SMILES string of the molecule is CCOc1c(N)cccc1C(=O)NCc1cc(Br)cs1. The molecule has 0 unspecified atom stereocenters. The van der Waals surface area contributed by atoms with Crippen molar-refractivity contribution in [3.05, 3.63) is 44.6 Å². The number of hydrogen-bond donors (Lipinski definition) is 2. The van der Waals surface area contributed by atoms with E-state index in [4.69, 9.17) is 10.5 Å². The van der Waals surface area contributed by atoms with Crippen molar-refractivity contribution in [2.24, 2.45) is 0 Å². The molecule has 1 aromatic heterocycles. The highest BCUT2D eigenvalue weighted by atomic mass is 79.9. The number of anilines is 1. The summed E-state index contributed by atoms with van der Waals surface area (Å²) in [5.74, 6) is 0.255. The van der Waals surface area contributed by atoms with Crippen molar-refractivity contribution in [2.75, 3.05) is 12.3 Å². The number of carbonyl (C=O) groups is 1. The lowest BCUT2D eigenvalue weighted by Crippen LogP contribution is -2.23. The molecule has 6 heteroatoms. The van der Waals surface area contributed by atoms with Crippen molar-refractivity contribution in [2.45, 2.75) is 13.5 Å². The van der Waals surface area contributed by atoms with Crippen LogP contribution in [0.2, 0.25) is 0 Å². The fourth-order valence-electron chi connectivity index (χ4n) is 1.75. The Morgan fingerprint density at radius 3 is 2.95 bits per heavy atom. The Balaban J connectivity index is 2.10. The maximum atomic E-state index is 12.2. The molecule has 0 spiro atoms. The van der Waals surface area contributed by atoms with Crippen molar-refractivity contribution < 1.29 is 9.53 Å². The number of nitrogens with one attached hydrogen (secondary N) is 1. The number of para-hydroxylation sites is 1. The van der Waals surface area contributed by atoms with E-state index in [9.17, 15) is 4.79 Å². The van der Waals surface area contributed by atoms with E-state index in [1.54, 1.807) is 29.5 Å². The van der Waals surface area contributed by atoms with E-state index in [0.29, 0.717) is 30.2 Å². The number of carbonyl (C=O) groups excluding carboxylic acids is 1. The monoisotopic (exact) mass is 354 g/mol. The Bertz CT molecular complexity index is 613. The Hall–Kier alpha value is -1.53. The zero-order chi connectivity index (χ0) is 14.5. The first kappa shape index (κ1) is 14.9. The van der Waals surface area contributed by atoms with Gasteiger partial charge in [-0.05, 0) is 41.1 Å². The van der Waals surface area contributed by atoms with Gasteiger partial charge in [0.2, 0.25) is 0 Å². The average Bonchev–Trinajstić information content (AvgIpc) is 2.84. The lowest BCUT2D eigenvalue weighted by molar-refractivity contribution is 0.0947. The summed E-state index contributed by atoms with van der Waals surface area (Å²) in [6.45, 7) is 2.80. The molecule has 0 aliphatic heterocycles. The molecular formula is C14H15BrN2O2S. The van der Waals surface area contributed by atoms with Gasteiger partial charge in [0.1, 0.15) is 0 Å². The van der Waals surface area contributed by atoms with Crippen LogP contribution in [0.3, 0.4) is 0 Å². The van der Waals surface area contributed by atoms with Crippen LogP contribution in [-0.4, -0.2) is 12.5 Å². The van der Waals surface area contributed by atoms with Crippen LogP contribution in [-0.2, 0) is 6.54 Å². The number of nitrogen functional groups attached to an aromatic ring is 1. The Morgan fingerprint density at radius 1 is 1.50 bits per heavy atom. The number of hydrogen-bond acceptors (Lipinski definition) is 4. The Morgan fingerprint density at radius 2 is 2.30 bits per heavy atom. The average molecular weight is 355 g/mol. The van der Waals surface area contributed by atoms with Crippen molar-refractivity contribution in [3.63, 3.8) is 0 Å². The second kappa shape index (κ2) is 6.76. The van der Waals surface area contributed by atoms with Gasteiger partial charge < -0.3 is 15.8 Å². The van der Waals surface area contributed by atoms with E-state index in [-0.39, 0.29) is 5.91 Å². The minimum Gasteiger partial charge on any atom is -0.491 e. The molecule has 20 heavy (non-hydrogen) atoms. The van der Waals surface area contributed by atoms with Crippen molar-refractivity contribution in [3.8, 4) is 5.75 Å². The highest BCUT2D eigenvalue weighted by Crippen LogP contribution is 2.26. The first-order valence-electron chi connectivity index (χ1n) is 6.14. The third-order valence-electron chi connectivity index (χ3n) is 2.62. The number of benzene rings is 1. The van der Waals surface area contributed by atoms with Crippen LogP contribution in [0.4, 0.5) is 5.69 Å². The van der Waals surface area contributed by atoms with Gasteiger partial charge in [-0.15, -0.1) is 11.3 Å². The number of rotatable bonds is 5. The summed E-state index contributed by atoms with van der Waals surface area (Å²) < 4.78 is 6.47. The summed E-state index contributed by atoms with van der Waals surface area (Å²) >= 11 is 4.97. The van der Waals surface area contributed by atoms with Crippen LogP contribution in [0.5, 0.6) is 5.75 Å². The quantitative estimate of drug-likeness (QED) is 0.808. The second-order valence-corrected chi connectivity index (χ2v) is 5.98. The normalized spacial score (nSPS) is 10.3. The molecule has 0 aliphatic carbocycles. The summed E-state index contributed by atoms with van der Waals surface area (Å²) in [6.07, 6.45) is 0. The van der Waals surface area contributed by atoms with Gasteiger partial charge in [0.15, 0.2) is 5.75 Å². The van der Waals surface area contributed by atoms with Gasteiger partial charge >= 0.3 is 0 Å². The number of nitrogens with two attached hydrogens (primary N) is 1. The van der Waals surface area contributed by atoms with E-state index >= 15 is 0 Å². The van der Waals surface area contributed by atoms with Crippen LogP contribution >= 0.6 is 27.3 Å². The summed E-state index contributed by atoms with van der Waals surface area (Å²) in [5.41, 5.74) is 6.78. The molecular weight excluding hydrogens is 340 g/mol. The maximum Gasteiger partial charge on any atom is 0.255 e. The van der Waals surface area contributed by atoms with Crippen molar-refractivity contribution in [1.29, 1.82) is 0 Å². The van der Waals surface area contributed by atoms with Gasteiger partial charge in [-0.3, -0.25) is 4.79 Å². The van der Waals surface area contributed by atoms with Crippen LogP contribution < -0.4 is 15.8 Å². The molecule has 0 fully saturated rings. The molecule has 2 aromatic rings. The van der Waals surface area contributed by atoms with Crippen LogP contribution in [0.15, 0.2) is 34.1 Å². The molecule has 0 radical (unpaired) electrons. The molecule has 0 atom stereocenters. The molecule has 0 saturated heterocycles. The molecule has 3 N–H and O–H groups in total. The Labute approximate surface area is 130 Å². The fraction of sp³-hybridized carbons (Fsp3) is 0.214. The number of amides is 1. The van der Waals surface area contributed by atoms with Crippen LogP contribution in [0, 0.1) is 0 Å². The highest BCUT2D eigenvalue weighted by molar-refractivity contribution is 9.10. The van der Waals surface area contributed by atoms with E-state index in [2.05, 4.69) is 21.2 Å². The molecule has 4 nitrogen and oxygen atoms in total. The molecule has 2 rings (SSSR count). The van der Waals surface area contributed by atoms with Gasteiger partial charge in [0.05, 0.1) is 24.4 Å². The molecule has 1 amide bonds. The lowest BCUT2D eigenvalue weighted by Gasteiger charge is -2.12. The first-order valence-corrected chi connectivity index (χ1v) is 7.81. The zero-order valence-corrected chi connectivity index (χ0v) is 13.4. The molecule has 1 aromatic carbocycles. The summed E-state index contributed by atoms with van der Waals surface area (Å²) in [7, 11) is 0. The number of ether oxygens (including phenoxy) is 1. The van der Waals surface area contributed by atoms with Gasteiger partial charge in [0, 0.05) is 14.7 Å². The smallest absolute Gasteiger partial charge is 0.255 e. The van der Waals surface area contributed by atoms with Crippen LogP contribution in [0.1, 0.15) is 22.2 Å². The minimum absolute atomic E-state index is 0.190. The van der Waals surface area contributed by atoms with E-state index < -0.39 is 0 Å². The predicted molar refractivity (Wildman–Crippen MR) is 85.2 cm³/mol. The lowest BCUT2D eigenvalue weighted by atomic mass is 10.1. The fourth-order valence-corrected chi connectivity index (χ4v) is 3.14. The van der Waals surface area contributed by atoms with E-state index in [1.807, 2.05) is 18.4 Å². The standard InChI is InChI=1S/C14H15BrN2O2S/c1-2-19-13-11(4-3-5-12(13)16)14(18)17-7-10-6-9(15)8-20-10/h3-6,8H,2,7,16H2,1H3,(H,17,18). The maximum absolute atomic E-state index is 12.2. The molecule has 0 saturated carbocycles. The summed E-state index contributed by atoms with van der Waals surface area (Å²) in [4.78, 5) is 13.3. The number of halogens is 1. The first-order chi connectivity index (χ1) is 9.61. The van der Waals surface area contributed by atoms with Crippen molar-refractivity contribution >= 4 is 38.9 Å². The molecule has 1 heterocycles. The van der Waals surface area contributed by atoms with Gasteiger partial charge in [0.25, 0.3) is 5.91 Å². The highest BCUT2D eigenvalue weighted by Gasteiger charge is 2.14. The number of thiophene rings is 1. The predicted octanol–water partition coefficient (Wildman–Crippen LogP) is 3.42. The summed E-state index contributed by atoms with van der Waals surface area (Å²) in [5, 5.41) is 4.85. The van der Waals surface area contributed by atoms with Crippen LogP contribution in [0.25, 0.3) is 0 Å². The topological polar surface area (TPSA) is 64.3 Å². The summed E-state index contributed by atoms with van der Waals surface area (Å²) in [6, 6.07) is 7.15. The molecule has 0 aliphatic rings. The van der Waals surface area contributed by atoms with Gasteiger partial charge in [-0.2, -0.15) is 0 Å². The molecule has 0 bridgehead atoms. The van der Waals surface area contributed by atoms with Crippen molar-refractivity contribution in [1.82, 2.24) is 5.32 Å². The van der Waals surface area contributed by atoms with Gasteiger partial charge in [-0.1, -0.05) is 6.07 Å². The third-order valence-corrected chi connectivity index (χ3v) is 4.32. The zero-order valence-electron chi connectivity index (χ0n) is 11.0. The molecule has 106 valence electrons. The third kappa shape index (κ3) is 3.52. The minimum atomic E-state index is -0.190. The van der Waals surface area contributed by atoms with E-state index in [0.717, 1.165) is 9.35 Å². The second-order valence-electron chi connectivity index (χ2n) is 4.07. The largest absolute Gasteiger partial charge is 0.491 e. The van der Waals surface area contributed by atoms with Gasteiger partial charge in [-0.25, -0.2) is 0 Å². The van der Waals surface area contributed by atoms with E-state index in [1.165, 1.54) is 0 Å². The Kier molecular flexibility index (Phi) is 5.03.